The van der Waals surface area contributed by atoms with E-state index in [9.17, 15) is 19.1 Å². The summed E-state index contributed by atoms with van der Waals surface area (Å²) in [6.45, 7) is 3.32. The van der Waals surface area contributed by atoms with Gasteiger partial charge in [0, 0.05) is 23.6 Å². The second-order valence-corrected chi connectivity index (χ2v) is 9.87. The number of anilines is 1. The fourth-order valence-electron chi connectivity index (χ4n) is 4.32. The predicted octanol–water partition coefficient (Wildman–Crippen LogP) is 4.39. The molecule has 0 aliphatic rings. The van der Waals surface area contributed by atoms with E-state index in [1.165, 1.54) is 31.6 Å². The van der Waals surface area contributed by atoms with Gasteiger partial charge in [-0.05, 0) is 73.5 Å². The summed E-state index contributed by atoms with van der Waals surface area (Å²) in [7, 11) is 1.53. The number of hydrogen-bond donors (Lipinski definition) is 4. The Kier molecular flexibility index (Phi) is 7.45. The van der Waals surface area contributed by atoms with Gasteiger partial charge in [-0.15, -0.1) is 5.10 Å². The van der Waals surface area contributed by atoms with Crippen LogP contribution in [0.3, 0.4) is 0 Å². The van der Waals surface area contributed by atoms with Crippen LogP contribution in [0.15, 0.2) is 83.5 Å². The van der Waals surface area contributed by atoms with Crippen molar-refractivity contribution >= 4 is 28.7 Å². The number of furan rings is 1. The van der Waals surface area contributed by atoms with Crippen molar-refractivity contribution in [1.82, 2.24) is 25.8 Å². The van der Waals surface area contributed by atoms with Crippen molar-refractivity contribution < 1.29 is 23.5 Å². The molecule has 11 heteroatoms. The lowest BCUT2D eigenvalue weighted by Gasteiger charge is -2.32. The Morgan fingerprint density at radius 1 is 0.951 bits per heavy atom. The number of amides is 2. The number of aliphatic hydroxyl groups excluding tert-OH is 1. The van der Waals surface area contributed by atoms with Crippen molar-refractivity contribution in [2.45, 2.75) is 25.6 Å². The average molecular weight is 555 g/mol. The molecule has 0 fully saturated rings. The molecule has 0 bridgehead atoms. The van der Waals surface area contributed by atoms with Crippen LogP contribution in [-0.4, -0.2) is 50.9 Å². The van der Waals surface area contributed by atoms with E-state index in [0.29, 0.717) is 33.4 Å². The highest BCUT2D eigenvalue weighted by molar-refractivity contribution is 6.11. The highest BCUT2D eigenvalue weighted by Gasteiger charge is 2.31. The zero-order chi connectivity index (χ0) is 29.1. The Morgan fingerprint density at radius 3 is 2.39 bits per heavy atom. The van der Waals surface area contributed by atoms with Gasteiger partial charge in [0.1, 0.15) is 23.4 Å². The average Bonchev–Trinajstić information content (AvgIpc) is 3.36. The molecule has 0 aliphatic heterocycles. The fourth-order valence-corrected chi connectivity index (χ4v) is 4.32. The Hall–Kier alpha value is -5.16. The van der Waals surface area contributed by atoms with Crippen molar-refractivity contribution in [2.24, 2.45) is 0 Å². The lowest BCUT2D eigenvalue weighted by Crippen LogP contribution is -2.55. The van der Waals surface area contributed by atoms with Gasteiger partial charge < -0.3 is 25.5 Å². The minimum absolute atomic E-state index is 0.123. The second kappa shape index (κ2) is 11.1. The number of benzene rings is 3. The van der Waals surface area contributed by atoms with E-state index in [-0.39, 0.29) is 11.9 Å². The largest absolute Gasteiger partial charge is 0.455 e. The molecule has 3 aromatic carbocycles. The summed E-state index contributed by atoms with van der Waals surface area (Å²) >= 11 is 0. The first kappa shape index (κ1) is 27.4. The molecule has 1 unspecified atom stereocenters. The SMILES string of the molecule is CNC(=O)c1c(-c2ccc(F)cc2)oc2ccc(-c3cccc(C(=O)NC(C)(C)C(O)Nc4nccnn4)c3)cc12. The number of rotatable bonds is 8. The summed E-state index contributed by atoms with van der Waals surface area (Å²) in [4.78, 5) is 30.1. The van der Waals surface area contributed by atoms with E-state index in [1.807, 2.05) is 18.2 Å². The number of hydrogen-bond acceptors (Lipinski definition) is 8. The Bertz CT molecular complexity index is 1720. The Morgan fingerprint density at radius 2 is 1.68 bits per heavy atom. The van der Waals surface area contributed by atoms with Crippen LogP contribution in [0.4, 0.5) is 10.3 Å². The first-order chi connectivity index (χ1) is 19.7. The van der Waals surface area contributed by atoms with Gasteiger partial charge in [-0.2, -0.15) is 5.10 Å². The van der Waals surface area contributed by atoms with Gasteiger partial charge in [0.25, 0.3) is 11.8 Å². The van der Waals surface area contributed by atoms with Crippen LogP contribution in [0.25, 0.3) is 33.4 Å². The lowest BCUT2D eigenvalue weighted by atomic mass is 9.98. The number of nitrogens with one attached hydrogen (secondary N) is 3. The number of halogens is 1. The van der Waals surface area contributed by atoms with Gasteiger partial charge in [-0.3, -0.25) is 9.59 Å². The standard InChI is InChI=1S/C30H27FN6O4/c1-30(2,28(40)35-29-33-13-14-34-37-29)36-26(38)20-6-4-5-18(15-20)19-9-12-23-22(16-19)24(27(39)32-3)25(41-23)17-7-10-21(31)11-8-17/h4-16,28,40H,1-3H3,(H,32,39)(H,36,38)(H,33,35,37). The second-order valence-electron chi connectivity index (χ2n) is 9.87. The van der Waals surface area contributed by atoms with Crippen molar-refractivity contribution in [2.75, 3.05) is 12.4 Å². The highest BCUT2D eigenvalue weighted by Crippen LogP contribution is 2.36. The van der Waals surface area contributed by atoms with Crippen LogP contribution in [0.2, 0.25) is 0 Å². The molecule has 4 N–H and O–H groups in total. The molecule has 0 saturated carbocycles. The summed E-state index contributed by atoms with van der Waals surface area (Å²) < 4.78 is 19.6. The monoisotopic (exact) mass is 554 g/mol. The molecule has 208 valence electrons. The maximum Gasteiger partial charge on any atom is 0.255 e. The molecule has 2 amide bonds. The van der Waals surface area contributed by atoms with Crippen molar-refractivity contribution in [1.29, 1.82) is 0 Å². The summed E-state index contributed by atoms with van der Waals surface area (Å²) in [5, 5.41) is 26.9. The number of carbonyl (C=O) groups excluding carboxylic acids is 2. The van der Waals surface area contributed by atoms with Crippen LogP contribution in [-0.2, 0) is 0 Å². The van der Waals surface area contributed by atoms with Gasteiger partial charge in [0.15, 0.2) is 0 Å². The van der Waals surface area contributed by atoms with Crippen molar-refractivity contribution in [3.63, 3.8) is 0 Å². The van der Waals surface area contributed by atoms with E-state index in [1.54, 1.807) is 50.2 Å². The van der Waals surface area contributed by atoms with E-state index >= 15 is 0 Å². The molecule has 0 saturated heterocycles. The third kappa shape index (κ3) is 5.75. The lowest BCUT2D eigenvalue weighted by molar-refractivity contribution is 0.0734. The number of fused-ring (bicyclic) bond motifs is 1. The Balaban J connectivity index is 1.44. The minimum Gasteiger partial charge on any atom is -0.455 e. The van der Waals surface area contributed by atoms with E-state index in [2.05, 4.69) is 31.1 Å². The molecule has 2 heterocycles. The number of nitrogens with zero attached hydrogens (tertiary/aromatic N) is 3. The van der Waals surface area contributed by atoms with E-state index < -0.39 is 23.5 Å². The molecule has 41 heavy (non-hydrogen) atoms. The molecule has 0 aliphatic carbocycles. The number of aliphatic hydroxyl groups is 1. The van der Waals surface area contributed by atoms with Gasteiger partial charge in [-0.1, -0.05) is 18.2 Å². The van der Waals surface area contributed by atoms with Crippen LogP contribution in [0, 0.1) is 5.82 Å². The van der Waals surface area contributed by atoms with Gasteiger partial charge in [0.05, 0.1) is 23.5 Å². The van der Waals surface area contributed by atoms with Crippen molar-refractivity contribution in [3.05, 3.63) is 96.1 Å². The summed E-state index contributed by atoms with van der Waals surface area (Å²) in [6, 6.07) is 18.1. The molecule has 1 atom stereocenters. The first-order valence-corrected chi connectivity index (χ1v) is 12.7. The van der Waals surface area contributed by atoms with Crippen LogP contribution in [0.1, 0.15) is 34.6 Å². The summed E-state index contributed by atoms with van der Waals surface area (Å²) in [6.07, 6.45) is 1.63. The molecule has 10 nitrogen and oxygen atoms in total. The zero-order valence-corrected chi connectivity index (χ0v) is 22.5. The topological polar surface area (TPSA) is 142 Å². The summed E-state index contributed by atoms with van der Waals surface area (Å²) in [5.74, 6) is -0.694. The van der Waals surface area contributed by atoms with Gasteiger partial charge in [-0.25, -0.2) is 9.37 Å². The molecular weight excluding hydrogens is 527 g/mol. The smallest absolute Gasteiger partial charge is 0.255 e. The minimum atomic E-state index is -1.21. The van der Waals surface area contributed by atoms with Gasteiger partial charge in [0.2, 0.25) is 5.95 Å². The normalized spacial score (nSPS) is 12.1. The molecular formula is C30H27FN6O4. The molecule has 2 aromatic heterocycles. The first-order valence-electron chi connectivity index (χ1n) is 12.7. The third-order valence-electron chi connectivity index (χ3n) is 6.57. The fraction of sp³-hybridized carbons (Fsp3) is 0.167. The van der Waals surface area contributed by atoms with Crippen LogP contribution >= 0.6 is 0 Å². The van der Waals surface area contributed by atoms with E-state index in [4.69, 9.17) is 4.42 Å². The molecule has 0 spiro atoms. The van der Waals surface area contributed by atoms with Crippen LogP contribution < -0.4 is 16.0 Å². The maximum atomic E-state index is 13.5. The summed E-state index contributed by atoms with van der Waals surface area (Å²) in [5.41, 5.74) is 2.13. The van der Waals surface area contributed by atoms with E-state index in [0.717, 1.165) is 11.1 Å². The van der Waals surface area contributed by atoms with Crippen molar-refractivity contribution in [3.8, 4) is 22.5 Å². The maximum absolute atomic E-state index is 13.5. The Labute approximate surface area is 234 Å². The van der Waals surface area contributed by atoms with Crippen LogP contribution in [0.5, 0.6) is 0 Å². The molecule has 5 aromatic rings. The van der Waals surface area contributed by atoms with Gasteiger partial charge >= 0.3 is 0 Å². The molecule has 0 radical (unpaired) electrons. The quantitative estimate of drug-likeness (QED) is 0.207. The number of aromatic nitrogens is 3. The highest BCUT2D eigenvalue weighted by atomic mass is 19.1. The third-order valence-corrected chi connectivity index (χ3v) is 6.57. The predicted molar refractivity (Wildman–Crippen MR) is 151 cm³/mol. The zero-order valence-electron chi connectivity index (χ0n) is 22.5. The number of carbonyl (C=O) groups is 2. The molecule has 5 rings (SSSR count).